The van der Waals surface area contributed by atoms with Crippen molar-refractivity contribution in [3.05, 3.63) is 69.0 Å². The summed E-state index contributed by atoms with van der Waals surface area (Å²) in [7, 11) is 1.56. The van der Waals surface area contributed by atoms with Gasteiger partial charge in [0.1, 0.15) is 17.1 Å². The molecule has 1 heterocycles. The molecule has 0 aliphatic heterocycles. The predicted octanol–water partition coefficient (Wildman–Crippen LogP) is 4.28. The molecule has 134 valence electrons. The Kier molecular flexibility index (Phi) is 5.28. The Morgan fingerprint density at radius 2 is 1.88 bits per heavy atom. The molecule has 0 radical (unpaired) electrons. The number of carbonyl (C=O) groups is 1. The number of ketones is 1. The molecule has 0 spiro atoms. The number of hydrogen-bond acceptors (Lipinski definition) is 5. The first-order valence-electron chi connectivity index (χ1n) is 8.08. The minimum atomic E-state index is -0.433. The molecule has 0 aliphatic rings. The van der Waals surface area contributed by atoms with Gasteiger partial charge in [-0.15, -0.1) is 0 Å². The number of rotatable bonds is 6. The average molecular weight is 373 g/mol. The van der Waals surface area contributed by atoms with E-state index in [1.807, 2.05) is 6.92 Å². The summed E-state index contributed by atoms with van der Waals surface area (Å²) in [6, 6.07) is 11.4. The summed E-state index contributed by atoms with van der Waals surface area (Å²) >= 11 is 6.27. The van der Waals surface area contributed by atoms with Crippen molar-refractivity contribution in [3.63, 3.8) is 0 Å². The number of aryl methyl sites for hydroxylation is 1. The van der Waals surface area contributed by atoms with E-state index >= 15 is 0 Å². The normalized spacial score (nSPS) is 10.7. The van der Waals surface area contributed by atoms with Gasteiger partial charge in [0.25, 0.3) is 0 Å². The standard InChI is InChI=1S/C20H17ClO5/c1-3-12-8-20(23)26-18-10-19(16(21)9-15(12)18)25-11-17(22)13-4-6-14(24-2)7-5-13/h4-10H,3,11H2,1-2H3. The van der Waals surface area contributed by atoms with Crippen LogP contribution in [0.3, 0.4) is 0 Å². The first kappa shape index (κ1) is 18.0. The quantitative estimate of drug-likeness (QED) is 0.477. The summed E-state index contributed by atoms with van der Waals surface area (Å²) in [5.74, 6) is 0.756. The summed E-state index contributed by atoms with van der Waals surface area (Å²) in [6.45, 7) is 1.76. The van der Waals surface area contributed by atoms with Crippen LogP contribution in [0.4, 0.5) is 0 Å². The fourth-order valence-corrected chi connectivity index (χ4v) is 2.85. The van der Waals surface area contributed by atoms with Crippen molar-refractivity contribution in [2.45, 2.75) is 13.3 Å². The third kappa shape index (κ3) is 3.73. The maximum absolute atomic E-state index is 12.3. The molecule has 3 rings (SSSR count). The Bertz CT molecular complexity index is 1010. The number of fused-ring (bicyclic) bond motifs is 1. The minimum absolute atomic E-state index is 0.185. The van der Waals surface area contributed by atoms with E-state index in [2.05, 4.69) is 0 Å². The third-order valence-electron chi connectivity index (χ3n) is 4.03. The van der Waals surface area contributed by atoms with Crippen molar-refractivity contribution in [1.82, 2.24) is 0 Å². The van der Waals surface area contributed by atoms with Crippen LogP contribution in [0, 0.1) is 0 Å². The van der Waals surface area contributed by atoms with Crippen LogP contribution in [0.5, 0.6) is 11.5 Å². The first-order valence-corrected chi connectivity index (χ1v) is 8.46. The highest BCUT2D eigenvalue weighted by Crippen LogP contribution is 2.31. The van der Waals surface area contributed by atoms with Crippen LogP contribution in [0.2, 0.25) is 5.02 Å². The zero-order chi connectivity index (χ0) is 18.7. The third-order valence-corrected chi connectivity index (χ3v) is 4.33. The lowest BCUT2D eigenvalue weighted by Gasteiger charge is -2.10. The first-order chi connectivity index (χ1) is 12.5. The van der Waals surface area contributed by atoms with Crippen LogP contribution in [0.15, 0.2) is 51.7 Å². The number of Topliss-reactive ketones (excluding diaryl/α,β-unsaturated/α-hetero) is 1. The van der Waals surface area contributed by atoms with E-state index in [1.54, 1.807) is 43.5 Å². The van der Waals surface area contributed by atoms with E-state index in [1.165, 1.54) is 6.07 Å². The molecule has 5 nitrogen and oxygen atoms in total. The molecule has 0 bridgehead atoms. The second-order valence-electron chi connectivity index (χ2n) is 5.66. The molecule has 6 heteroatoms. The van der Waals surface area contributed by atoms with Gasteiger partial charge in [0.15, 0.2) is 12.4 Å². The Balaban J connectivity index is 1.83. The molecule has 0 fully saturated rings. The lowest BCUT2D eigenvalue weighted by molar-refractivity contribution is 0.0921. The second kappa shape index (κ2) is 7.62. The van der Waals surface area contributed by atoms with Crippen LogP contribution in [0.1, 0.15) is 22.8 Å². The van der Waals surface area contributed by atoms with Gasteiger partial charge in [-0.25, -0.2) is 4.79 Å². The maximum atomic E-state index is 12.3. The topological polar surface area (TPSA) is 65.7 Å². The van der Waals surface area contributed by atoms with Crippen LogP contribution in [0.25, 0.3) is 11.0 Å². The van der Waals surface area contributed by atoms with Crippen LogP contribution in [-0.4, -0.2) is 19.5 Å². The molecular weight excluding hydrogens is 356 g/mol. The SMILES string of the molecule is CCc1cc(=O)oc2cc(OCC(=O)c3ccc(OC)cc3)c(Cl)cc12. The van der Waals surface area contributed by atoms with E-state index in [4.69, 9.17) is 25.5 Å². The second-order valence-corrected chi connectivity index (χ2v) is 6.07. The molecule has 0 N–H and O–H groups in total. The van der Waals surface area contributed by atoms with Gasteiger partial charge in [0.2, 0.25) is 0 Å². The molecule has 1 aromatic heterocycles. The summed E-state index contributed by atoms with van der Waals surface area (Å²) in [5, 5.41) is 1.11. The van der Waals surface area contributed by atoms with Crippen LogP contribution < -0.4 is 15.1 Å². The lowest BCUT2D eigenvalue weighted by Crippen LogP contribution is -2.12. The Labute approximate surface area is 155 Å². The van der Waals surface area contributed by atoms with Crippen molar-refractivity contribution in [3.8, 4) is 11.5 Å². The zero-order valence-electron chi connectivity index (χ0n) is 14.4. The largest absolute Gasteiger partial charge is 0.497 e. The Morgan fingerprint density at radius 3 is 2.54 bits per heavy atom. The van der Waals surface area contributed by atoms with Crippen molar-refractivity contribution in [2.75, 3.05) is 13.7 Å². The monoisotopic (exact) mass is 372 g/mol. The molecular formula is C20H17ClO5. The number of benzene rings is 2. The van der Waals surface area contributed by atoms with E-state index < -0.39 is 5.63 Å². The maximum Gasteiger partial charge on any atom is 0.336 e. The van der Waals surface area contributed by atoms with E-state index in [9.17, 15) is 9.59 Å². The van der Waals surface area contributed by atoms with Gasteiger partial charge in [0.05, 0.1) is 12.1 Å². The van der Waals surface area contributed by atoms with Gasteiger partial charge in [0, 0.05) is 23.1 Å². The highest BCUT2D eigenvalue weighted by Gasteiger charge is 2.13. The van der Waals surface area contributed by atoms with Gasteiger partial charge in [-0.2, -0.15) is 0 Å². The lowest BCUT2D eigenvalue weighted by atomic mass is 10.1. The number of halogens is 1. The molecule has 0 amide bonds. The van der Waals surface area contributed by atoms with Gasteiger partial charge in [-0.3, -0.25) is 4.79 Å². The van der Waals surface area contributed by atoms with Gasteiger partial charge < -0.3 is 13.9 Å². The molecule has 0 unspecified atom stereocenters. The molecule has 0 saturated heterocycles. The van der Waals surface area contributed by atoms with E-state index in [0.717, 1.165) is 10.9 Å². The van der Waals surface area contributed by atoms with Crippen LogP contribution >= 0.6 is 11.6 Å². The van der Waals surface area contributed by atoms with Crippen LogP contribution in [-0.2, 0) is 6.42 Å². The number of methoxy groups -OCH3 is 1. The van der Waals surface area contributed by atoms with Crippen molar-refractivity contribution in [2.24, 2.45) is 0 Å². The highest BCUT2D eigenvalue weighted by atomic mass is 35.5. The fraction of sp³-hybridized carbons (Fsp3) is 0.200. The van der Waals surface area contributed by atoms with Crippen molar-refractivity contribution in [1.29, 1.82) is 0 Å². The van der Waals surface area contributed by atoms with Gasteiger partial charge in [-0.05, 0) is 42.3 Å². The Hall–Kier alpha value is -2.79. The summed E-state index contributed by atoms with van der Waals surface area (Å²) in [5.41, 5.74) is 1.30. The molecule has 0 atom stereocenters. The highest BCUT2D eigenvalue weighted by molar-refractivity contribution is 6.32. The summed E-state index contributed by atoms with van der Waals surface area (Å²) in [4.78, 5) is 23.9. The minimum Gasteiger partial charge on any atom is -0.497 e. The number of carbonyl (C=O) groups excluding carboxylic acids is 1. The van der Waals surface area contributed by atoms with Crippen molar-refractivity contribution < 1.29 is 18.7 Å². The number of hydrogen-bond donors (Lipinski definition) is 0. The molecule has 0 aliphatic carbocycles. The molecule has 0 saturated carbocycles. The van der Waals surface area contributed by atoms with E-state index in [-0.39, 0.29) is 18.1 Å². The molecule has 2 aromatic carbocycles. The average Bonchev–Trinajstić information content (AvgIpc) is 2.66. The molecule has 26 heavy (non-hydrogen) atoms. The Morgan fingerprint density at radius 1 is 1.15 bits per heavy atom. The fourth-order valence-electron chi connectivity index (χ4n) is 2.63. The molecule has 3 aromatic rings. The van der Waals surface area contributed by atoms with Gasteiger partial charge in [-0.1, -0.05) is 18.5 Å². The summed E-state index contributed by atoms with van der Waals surface area (Å²) in [6.07, 6.45) is 0.675. The predicted molar refractivity (Wildman–Crippen MR) is 99.7 cm³/mol. The zero-order valence-corrected chi connectivity index (χ0v) is 15.1. The van der Waals surface area contributed by atoms with Gasteiger partial charge >= 0.3 is 5.63 Å². The van der Waals surface area contributed by atoms with E-state index in [0.29, 0.717) is 28.3 Å². The van der Waals surface area contributed by atoms with Crippen molar-refractivity contribution >= 4 is 28.4 Å². The summed E-state index contributed by atoms with van der Waals surface area (Å²) < 4.78 is 15.8. The number of ether oxygens (including phenoxy) is 2. The smallest absolute Gasteiger partial charge is 0.336 e.